The lowest BCUT2D eigenvalue weighted by Crippen LogP contribution is -2.23. The predicted octanol–water partition coefficient (Wildman–Crippen LogP) is 2.16. The highest BCUT2D eigenvalue weighted by Crippen LogP contribution is 2.24. The molecule has 80 valence electrons. The summed E-state index contributed by atoms with van der Waals surface area (Å²) in [5, 5.41) is 4.32. The zero-order chi connectivity index (χ0) is 10.7. The maximum atomic E-state index is 6.21. The molecule has 0 fully saturated rings. The van der Waals surface area contributed by atoms with Gasteiger partial charge < -0.3 is 5.73 Å². The molecule has 1 heterocycles. The van der Waals surface area contributed by atoms with Crippen molar-refractivity contribution in [2.75, 3.05) is 0 Å². The number of rotatable bonds is 4. The third-order valence-corrected chi connectivity index (χ3v) is 2.94. The minimum atomic E-state index is 0.121. The van der Waals surface area contributed by atoms with Crippen molar-refractivity contribution in [2.45, 2.75) is 39.7 Å². The molecule has 1 rings (SSSR count). The van der Waals surface area contributed by atoms with Crippen molar-refractivity contribution in [2.24, 2.45) is 18.7 Å². The van der Waals surface area contributed by atoms with Gasteiger partial charge in [0.25, 0.3) is 0 Å². The fourth-order valence-electron chi connectivity index (χ4n) is 1.98. The van der Waals surface area contributed by atoms with E-state index in [0.717, 1.165) is 24.2 Å². The van der Waals surface area contributed by atoms with Crippen LogP contribution in [0.2, 0.25) is 0 Å². The molecule has 1 aromatic heterocycles. The van der Waals surface area contributed by atoms with Crippen molar-refractivity contribution in [3.8, 4) is 0 Å². The van der Waals surface area contributed by atoms with Gasteiger partial charge in [0, 0.05) is 13.1 Å². The maximum absolute atomic E-state index is 6.21. The normalized spacial score (nSPS) is 13.6. The second-order valence-corrected chi connectivity index (χ2v) is 3.94. The minimum absolute atomic E-state index is 0.121. The quantitative estimate of drug-likeness (QED) is 0.800. The van der Waals surface area contributed by atoms with Crippen molar-refractivity contribution >= 4 is 0 Å². The largest absolute Gasteiger partial charge is 0.322 e. The van der Waals surface area contributed by atoms with Gasteiger partial charge in [-0.2, -0.15) is 5.10 Å². The Morgan fingerprint density at radius 2 is 2.00 bits per heavy atom. The molecule has 3 heteroatoms. The summed E-state index contributed by atoms with van der Waals surface area (Å²) >= 11 is 0. The Morgan fingerprint density at radius 3 is 2.36 bits per heavy atom. The van der Waals surface area contributed by atoms with Crippen molar-refractivity contribution in [3.63, 3.8) is 0 Å². The van der Waals surface area contributed by atoms with Crippen LogP contribution >= 0.6 is 0 Å². The molecule has 0 aromatic carbocycles. The smallest absolute Gasteiger partial charge is 0.0597 e. The molecule has 1 unspecified atom stereocenters. The van der Waals surface area contributed by atoms with E-state index in [1.54, 1.807) is 0 Å². The first kappa shape index (κ1) is 11.2. The van der Waals surface area contributed by atoms with E-state index in [2.05, 4.69) is 25.0 Å². The van der Waals surface area contributed by atoms with Crippen molar-refractivity contribution in [1.82, 2.24) is 9.78 Å². The van der Waals surface area contributed by atoms with Crippen LogP contribution in [-0.2, 0) is 7.05 Å². The van der Waals surface area contributed by atoms with E-state index in [0.29, 0.717) is 5.92 Å². The lowest BCUT2D eigenvalue weighted by atomic mass is 9.92. The number of aryl methyl sites for hydroxylation is 2. The number of nitrogens with two attached hydrogens (primary N) is 1. The van der Waals surface area contributed by atoms with Crippen LogP contribution in [-0.4, -0.2) is 9.78 Å². The molecule has 0 spiro atoms. The van der Waals surface area contributed by atoms with Gasteiger partial charge >= 0.3 is 0 Å². The zero-order valence-corrected chi connectivity index (χ0v) is 9.62. The van der Waals surface area contributed by atoms with E-state index >= 15 is 0 Å². The summed E-state index contributed by atoms with van der Waals surface area (Å²) in [5.74, 6) is 0.560. The monoisotopic (exact) mass is 195 g/mol. The van der Waals surface area contributed by atoms with Gasteiger partial charge in [-0.05, 0) is 18.9 Å². The van der Waals surface area contributed by atoms with E-state index in [9.17, 15) is 0 Å². The molecule has 2 N–H and O–H groups in total. The number of hydrogen-bond acceptors (Lipinski definition) is 2. The fourth-order valence-corrected chi connectivity index (χ4v) is 1.98. The van der Waals surface area contributed by atoms with Crippen molar-refractivity contribution < 1.29 is 0 Å². The molecule has 0 radical (unpaired) electrons. The summed E-state index contributed by atoms with van der Waals surface area (Å²) < 4.78 is 1.90. The highest BCUT2D eigenvalue weighted by molar-refractivity contribution is 5.13. The van der Waals surface area contributed by atoms with E-state index < -0.39 is 0 Å². The van der Waals surface area contributed by atoms with Gasteiger partial charge in [0.05, 0.1) is 11.4 Å². The molecule has 0 saturated heterocycles. The van der Waals surface area contributed by atoms with Gasteiger partial charge in [-0.1, -0.05) is 26.7 Å². The Hall–Kier alpha value is -0.830. The highest BCUT2D eigenvalue weighted by atomic mass is 15.3. The second-order valence-electron chi connectivity index (χ2n) is 3.94. The van der Waals surface area contributed by atoms with Crippen molar-refractivity contribution in [1.29, 1.82) is 0 Å². The van der Waals surface area contributed by atoms with Crippen LogP contribution in [0.5, 0.6) is 0 Å². The first-order valence-corrected chi connectivity index (χ1v) is 5.36. The molecule has 1 aromatic rings. The van der Waals surface area contributed by atoms with Crippen LogP contribution in [0, 0.1) is 12.8 Å². The van der Waals surface area contributed by atoms with E-state index in [4.69, 9.17) is 5.73 Å². The topological polar surface area (TPSA) is 43.8 Å². The molecular formula is C11H21N3. The Bertz CT molecular complexity index is 287. The predicted molar refractivity (Wildman–Crippen MR) is 58.9 cm³/mol. The number of nitrogens with zero attached hydrogens (tertiary/aromatic N) is 2. The molecule has 0 aliphatic carbocycles. The van der Waals surface area contributed by atoms with Gasteiger partial charge in [-0.25, -0.2) is 0 Å². The molecule has 0 aliphatic heterocycles. The van der Waals surface area contributed by atoms with E-state index in [-0.39, 0.29) is 6.04 Å². The summed E-state index contributed by atoms with van der Waals surface area (Å²) in [6.45, 7) is 6.39. The fraction of sp³-hybridized carbons (Fsp3) is 0.727. The SMILES string of the molecule is CCC(CC)C(N)c1cc(C)nn1C. The zero-order valence-electron chi connectivity index (χ0n) is 9.62. The standard InChI is InChI=1S/C11H21N3/c1-5-9(6-2)11(12)10-7-8(3)13-14(10)4/h7,9,11H,5-6,12H2,1-4H3. The highest BCUT2D eigenvalue weighted by Gasteiger charge is 2.19. The molecule has 0 bridgehead atoms. The van der Waals surface area contributed by atoms with Crippen LogP contribution in [0.3, 0.4) is 0 Å². The Balaban J connectivity index is 2.87. The third-order valence-electron chi connectivity index (χ3n) is 2.94. The van der Waals surface area contributed by atoms with Gasteiger partial charge in [-0.15, -0.1) is 0 Å². The first-order valence-electron chi connectivity index (χ1n) is 5.36. The van der Waals surface area contributed by atoms with Crippen LogP contribution in [0.15, 0.2) is 6.07 Å². The lowest BCUT2D eigenvalue weighted by molar-refractivity contribution is 0.388. The van der Waals surface area contributed by atoms with E-state index in [1.807, 2.05) is 18.7 Å². The summed E-state index contributed by atoms with van der Waals surface area (Å²) in [6.07, 6.45) is 2.25. The summed E-state index contributed by atoms with van der Waals surface area (Å²) in [7, 11) is 1.96. The van der Waals surface area contributed by atoms with Gasteiger partial charge in [-0.3, -0.25) is 4.68 Å². The van der Waals surface area contributed by atoms with Crippen LogP contribution < -0.4 is 5.73 Å². The Kier molecular flexibility index (Phi) is 3.69. The van der Waals surface area contributed by atoms with Gasteiger partial charge in [0.15, 0.2) is 0 Å². The molecule has 0 amide bonds. The first-order chi connectivity index (χ1) is 6.60. The molecular weight excluding hydrogens is 174 g/mol. The minimum Gasteiger partial charge on any atom is -0.322 e. The van der Waals surface area contributed by atoms with Gasteiger partial charge in [0.1, 0.15) is 0 Å². The Morgan fingerprint density at radius 1 is 1.43 bits per heavy atom. The summed E-state index contributed by atoms with van der Waals surface area (Å²) in [5.41, 5.74) is 8.41. The van der Waals surface area contributed by atoms with Gasteiger partial charge in [0.2, 0.25) is 0 Å². The maximum Gasteiger partial charge on any atom is 0.0597 e. The molecule has 1 atom stereocenters. The second kappa shape index (κ2) is 4.60. The summed E-state index contributed by atoms with van der Waals surface area (Å²) in [4.78, 5) is 0. The molecule has 0 aliphatic rings. The Labute approximate surface area is 86.3 Å². The third kappa shape index (κ3) is 2.15. The average Bonchev–Trinajstić information content (AvgIpc) is 2.47. The molecule has 0 saturated carbocycles. The lowest BCUT2D eigenvalue weighted by Gasteiger charge is -2.21. The summed E-state index contributed by atoms with van der Waals surface area (Å²) in [6, 6.07) is 2.21. The molecule has 14 heavy (non-hydrogen) atoms. The average molecular weight is 195 g/mol. The van der Waals surface area contributed by atoms with Crippen LogP contribution in [0.25, 0.3) is 0 Å². The van der Waals surface area contributed by atoms with Crippen LogP contribution in [0.4, 0.5) is 0 Å². The van der Waals surface area contributed by atoms with E-state index in [1.165, 1.54) is 0 Å². The van der Waals surface area contributed by atoms with Crippen molar-refractivity contribution in [3.05, 3.63) is 17.5 Å². The number of hydrogen-bond donors (Lipinski definition) is 1. The number of aromatic nitrogens is 2. The molecule has 3 nitrogen and oxygen atoms in total. The van der Waals surface area contributed by atoms with Crippen LogP contribution in [0.1, 0.15) is 44.1 Å².